The average Bonchev–Trinajstić information content (AvgIpc) is 2.51. The Hall–Kier alpha value is -1.39. The highest BCUT2D eigenvalue weighted by molar-refractivity contribution is 5.94. The Morgan fingerprint density at radius 1 is 1.17 bits per heavy atom. The summed E-state index contributed by atoms with van der Waals surface area (Å²) in [6.45, 7) is 12.5. The lowest BCUT2D eigenvalue weighted by molar-refractivity contribution is -0.117. The highest BCUT2D eigenvalue weighted by Gasteiger charge is 2.21. The smallest absolute Gasteiger partial charge is 0.241 e. The SMILES string of the molecule is CCC(C)c1ccc(NC(=O)C(C)NCC(C)(C)CN(C)C)cc1. The summed E-state index contributed by atoms with van der Waals surface area (Å²) in [5.74, 6) is 0.557. The molecular formula is C20H35N3O. The van der Waals surface area contributed by atoms with Crippen molar-refractivity contribution in [1.82, 2.24) is 10.2 Å². The maximum absolute atomic E-state index is 12.3. The van der Waals surface area contributed by atoms with Crippen LogP contribution in [0.25, 0.3) is 0 Å². The molecule has 0 aromatic heterocycles. The molecule has 1 amide bonds. The Balaban J connectivity index is 2.52. The first kappa shape index (κ1) is 20.7. The molecule has 136 valence electrons. The summed E-state index contributed by atoms with van der Waals surface area (Å²) in [5.41, 5.74) is 2.29. The minimum Gasteiger partial charge on any atom is -0.325 e. The van der Waals surface area contributed by atoms with Crippen molar-refractivity contribution in [2.45, 2.75) is 53.0 Å². The van der Waals surface area contributed by atoms with Gasteiger partial charge in [-0.3, -0.25) is 4.79 Å². The standard InChI is InChI=1S/C20H35N3O/c1-8-15(2)17-9-11-18(12-10-17)22-19(24)16(3)21-13-20(4,5)14-23(6)7/h9-12,15-16,21H,8,13-14H2,1-7H3,(H,22,24). The number of hydrogen-bond acceptors (Lipinski definition) is 3. The van der Waals surface area contributed by atoms with E-state index < -0.39 is 0 Å². The number of carbonyl (C=O) groups is 1. The molecule has 0 saturated heterocycles. The Morgan fingerprint density at radius 3 is 2.25 bits per heavy atom. The van der Waals surface area contributed by atoms with Gasteiger partial charge in [-0.25, -0.2) is 0 Å². The van der Waals surface area contributed by atoms with Gasteiger partial charge in [-0.05, 0) is 56.5 Å². The van der Waals surface area contributed by atoms with E-state index in [9.17, 15) is 4.79 Å². The summed E-state index contributed by atoms with van der Waals surface area (Å²) < 4.78 is 0. The second-order valence-corrected chi connectivity index (χ2v) is 7.93. The predicted molar refractivity (Wildman–Crippen MR) is 104 cm³/mol. The molecule has 2 N–H and O–H groups in total. The fourth-order valence-electron chi connectivity index (χ4n) is 2.82. The molecule has 0 heterocycles. The molecule has 4 nitrogen and oxygen atoms in total. The second kappa shape index (κ2) is 9.19. The highest BCUT2D eigenvalue weighted by Crippen LogP contribution is 2.20. The topological polar surface area (TPSA) is 44.4 Å². The average molecular weight is 334 g/mol. The van der Waals surface area contributed by atoms with Crippen molar-refractivity contribution >= 4 is 11.6 Å². The van der Waals surface area contributed by atoms with Gasteiger partial charge in [-0.2, -0.15) is 0 Å². The van der Waals surface area contributed by atoms with Crippen LogP contribution in [0.3, 0.4) is 0 Å². The Morgan fingerprint density at radius 2 is 1.75 bits per heavy atom. The lowest BCUT2D eigenvalue weighted by Gasteiger charge is -2.29. The third kappa shape index (κ3) is 7.02. The molecule has 0 bridgehead atoms. The van der Waals surface area contributed by atoms with Gasteiger partial charge in [0.2, 0.25) is 5.91 Å². The van der Waals surface area contributed by atoms with Gasteiger partial charge >= 0.3 is 0 Å². The minimum absolute atomic E-state index is 0.00643. The zero-order chi connectivity index (χ0) is 18.3. The maximum Gasteiger partial charge on any atom is 0.241 e. The Bertz CT molecular complexity index is 508. The molecule has 2 unspecified atom stereocenters. The van der Waals surface area contributed by atoms with Gasteiger partial charge in [0.1, 0.15) is 0 Å². The molecule has 0 aliphatic rings. The van der Waals surface area contributed by atoms with Crippen molar-refractivity contribution in [1.29, 1.82) is 0 Å². The summed E-state index contributed by atoms with van der Waals surface area (Å²) in [5, 5.41) is 6.34. The van der Waals surface area contributed by atoms with E-state index in [4.69, 9.17) is 0 Å². The van der Waals surface area contributed by atoms with E-state index in [1.54, 1.807) is 0 Å². The molecule has 1 rings (SSSR count). The van der Waals surface area contributed by atoms with Gasteiger partial charge in [-0.15, -0.1) is 0 Å². The van der Waals surface area contributed by atoms with E-state index in [0.717, 1.165) is 25.2 Å². The molecule has 0 fully saturated rings. The molecule has 0 saturated carbocycles. The lowest BCUT2D eigenvalue weighted by atomic mass is 9.92. The maximum atomic E-state index is 12.3. The molecule has 1 aromatic carbocycles. The van der Waals surface area contributed by atoms with Crippen molar-refractivity contribution in [2.24, 2.45) is 5.41 Å². The number of rotatable bonds is 9. The Labute approximate surface area is 148 Å². The van der Waals surface area contributed by atoms with Crippen LogP contribution in [0.5, 0.6) is 0 Å². The first-order valence-corrected chi connectivity index (χ1v) is 8.93. The zero-order valence-corrected chi connectivity index (χ0v) is 16.4. The lowest BCUT2D eigenvalue weighted by Crippen LogP contribution is -2.45. The van der Waals surface area contributed by atoms with E-state index >= 15 is 0 Å². The van der Waals surface area contributed by atoms with Gasteiger partial charge < -0.3 is 15.5 Å². The largest absolute Gasteiger partial charge is 0.325 e. The van der Waals surface area contributed by atoms with Crippen molar-refractivity contribution in [3.8, 4) is 0 Å². The molecular weight excluding hydrogens is 298 g/mol. The number of amides is 1. The number of nitrogens with one attached hydrogen (secondary N) is 2. The zero-order valence-electron chi connectivity index (χ0n) is 16.4. The number of nitrogens with zero attached hydrogens (tertiary/aromatic N) is 1. The number of carbonyl (C=O) groups excluding carboxylic acids is 1. The highest BCUT2D eigenvalue weighted by atomic mass is 16.2. The monoisotopic (exact) mass is 333 g/mol. The van der Waals surface area contributed by atoms with Crippen LogP contribution < -0.4 is 10.6 Å². The molecule has 2 atom stereocenters. The van der Waals surface area contributed by atoms with Crippen LogP contribution in [0.15, 0.2) is 24.3 Å². The molecule has 0 aliphatic heterocycles. The number of benzene rings is 1. The van der Waals surface area contributed by atoms with Crippen molar-refractivity contribution < 1.29 is 4.79 Å². The summed E-state index contributed by atoms with van der Waals surface area (Å²) in [4.78, 5) is 14.5. The molecule has 1 aromatic rings. The van der Waals surface area contributed by atoms with Crippen LogP contribution >= 0.6 is 0 Å². The fraction of sp³-hybridized carbons (Fsp3) is 0.650. The van der Waals surface area contributed by atoms with Gasteiger partial charge in [0, 0.05) is 18.8 Å². The second-order valence-electron chi connectivity index (χ2n) is 7.93. The van der Waals surface area contributed by atoms with Crippen LogP contribution in [0.4, 0.5) is 5.69 Å². The van der Waals surface area contributed by atoms with E-state index in [-0.39, 0.29) is 17.4 Å². The Kier molecular flexibility index (Phi) is 7.91. The normalized spacial score (nSPS) is 14.5. The summed E-state index contributed by atoms with van der Waals surface area (Å²) in [6.07, 6.45) is 1.12. The summed E-state index contributed by atoms with van der Waals surface area (Å²) in [7, 11) is 4.14. The van der Waals surface area contributed by atoms with Crippen LogP contribution in [-0.2, 0) is 4.79 Å². The van der Waals surface area contributed by atoms with Gasteiger partial charge in [0.15, 0.2) is 0 Å². The first-order chi connectivity index (χ1) is 11.1. The predicted octanol–water partition coefficient (Wildman–Crippen LogP) is 3.70. The molecule has 0 radical (unpaired) electrons. The van der Waals surface area contributed by atoms with Crippen LogP contribution in [0.2, 0.25) is 0 Å². The van der Waals surface area contributed by atoms with Crippen molar-refractivity contribution in [2.75, 3.05) is 32.5 Å². The van der Waals surface area contributed by atoms with Crippen LogP contribution in [0.1, 0.15) is 52.5 Å². The number of hydrogen-bond donors (Lipinski definition) is 2. The first-order valence-electron chi connectivity index (χ1n) is 8.93. The van der Waals surface area contributed by atoms with Gasteiger partial charge in [0.05, 0.1) is 6.04 Å². The number of anilines is 1. The van der Waals surface area contributed by atoms with E-state index in [1.807, 2.05) is 19.1 Å². The summed E-state index contributed by atoms with van der Waals surface area (Å²) >= 11 is 0. The van der Waals surface area contributed by atoms with Crippen molar-refractivity contribution in [3.05, 3.63) is 29.8 Å². The van der Waals surface area contributed by atoms with Gasteiger partial charge in [-0.1, -0.05) is 39.8 Å². The molecule has 24 heavy (non-hydrogen) atoms. The van der Waals surface area contributed by atoms with E-state index in [1.165, 1.54) is 5.56 Å². The molecule has 4 heteroatoms. The van der Waals surface area contributed by atoms with E-state index in [0.29, 0.717) is 5.92 Å². The summed E-state index contributed by atoms with van der Waals surface area (Å²) in [6, 6.07) is 7.95. The van der Waals surface area contributed by atoms with Crippen LogP contribution in [-0.4, -0.2) is 44.0 Å². The fourth-order valence-corrected chi connectivity index (χ4v) is 2.82. The third-order valence-electron chi connectivity index (χ3n) is 4.38. The van der Waals surface area contributed by atoms with Crippen molar-refractivity contribution in [3.63, 3.8) is 0 Å². The van der Waals surface area contributed by atoms with Gasteiger partial charge in [0.25, 0.3) is 0 Å². The quantitative estimate of drug-likeness (QED) is 0.724. The minimum atomic E-state index is -0.222. The van der Waals surface area contributed by atoms with E-state index in [2.05, 4.69) is 69.5 Å². The molecule has 0 spiro atoms. The molecule has 0 aliphatic carbocycles. The van der Waals surface area contributed by atoms with Crippen LogP contribution in [0, 0.1) is 5.41 Å². The third-order valence-corrected chi connectivity index (χ3v) is 4.38.